The minimum atomic E-state index is -0.744. The lowest BCUT2D eigenvalue weighted by molar-refractivity contribution is -0.144. The second kappa shape index (κ2) is 7.58. The number of carbonyl (C=O) groups is 2. The van der Waals surface area contributed by atoms with E-state index in [0.29, 0.717) is 18.5 Å². The quantitative estimate of drug-likeness (QED) is 0.666. The first-order valence-electron chi connectivity index (χ1n) is 6.95. The summed E-state index contributed by atoms with van der Waals surface area (Å²) in [6, 6.07) is 5.55. The number of benzene rings is 1. The molecule has 1 fully saturated rings. The van der Waals surface area contributed by atoms with Gasteiger partial charge in [-0.1, -0.05) is 28.8 Å². The van der Waals surface area contributed by atoms with Crippen LogP contribution in [0.3, 0.4) is 0 Å². The molecule has 1 aliphatic rings. The van der Waals surface area contributed by atoms with Crippen molar-refractivity contribution in [1.82, 2.24) is 5.32 Å². The van der Waals surface area contributed by atoms with Crippen molar-refractivity contribution in [3.63, 3.8) is 0 Å². The van der Waals surface area contributed by atoms with Crippen LogP contribution in [0, 0.1) is 15.4 Å². The first-order chi connectivity index (χ1) is 9.99. The van der Waals surface area contributed by atoms with Gasteiger partial charge in [0.1, 0.15) is 0 Å². The number of halogens is 2. The smallest absolute Gasteiger partial charge is 0.306 e. The van der Waals surface area contributed by atoms with Gasteiger partial charge in [0.25, 0.3) is 5.91 Å². The summed E-state index contributed by atoms with van der Waals surface area (Å²) in [5.74, 6) is -1.19. The molecule has 0 saturated heterocycles. The largest absolute Gasteiger partial charge is 0.481 e. The molecule has 21 heavy (non-hydrogen) atoms. The molecule has 4 nitrogen and oxygen atoms in total. The molecule has 1 aliphatic carbocycles. The molecule has 0 radical (unpaired) electrons. The van der Waals surface area contributed by atoms with Gasteiger partial charge in [-0.15, -0.1) is 0 Å². The van der Waals surface area contributed by atoms with Crippen LogP contribution in [0.25, 0.3) is 0 Å². The monoisotopic (exact) mass is 465 g/mol. The highest BCUT2D eigenvalue weighted by Crippen LogP contribution is 2.30. The van der Waals surface area contributed by atoms with Crippen molar-refractivity contribution in [2.45, 2.75) is 25.7 Å². The zero-order valence-corrected chi connectivity index (χ0v) is 15.2. The van der Waals surface area contributed by atoms with E-state index in [1.54, 1.807) is 6.07 Å². The molecule has 0 aliphatic heterocycles. The maximum atomic E-state index is 12.3. The Labute approximate surface area is 146 Å². The van der Waals surface area contributed by atoms with Crippen LogP contribution in [0.4, 0.5) is 0 Å². The van der Waals surface area contributed by atoms with Gasteiger partial charge in [-0.25, -0.2) is 0 Å². The predicted molar refractivity (Wildman–Crippen MR) is 92.3 cm³/mol. The van der Waals surface area contributed by atoms with Gasteiger partial charge in [0.05, 0.1) is 11.5 Å². The van der Waals surface area contributed by atoms with E-state index in [9.17, 15) is 14.7 Å². The van der Waals surface area contributed by atoms with Gasteiger partial charge in [0.2, 0.25) is 0 Å². The maximum absolute atomic E-state index is 12.3. The minimum Gasteiger partial charge on any atom is -0.481 e. The Balaban J connectivity index is 1.99. The van der Waals surface area contributed by atoms with Crippen LogP contribution in [-0.2, 0) is 4.79 Å². The molecule has 6 heteroatoms. The van der Waals surface area contributed by atoms with Gasteiger partial charge >= 0.3 is 5.97 Å². The van der Waals surface area contributed by atoms with Crippen LogP contribution in [0.1, 0.15) is 36.0 Å². The number of carboxylic acid groups (broad SMARTS) is 1. The average Bonchev–Trinajstić information content (AvgIpc) is 2.47. The lowest BCUT2D eigenvalue weighted by atomic mass is 9.79. The van der Waals surface area contributed by atoms with Crippen LogP contribution in [0.2, 0.25) is 0 Å². The minimum absolute atomic E-state index is 0.0324. The Morgan fingerprint density at radius 3 is 2.76 bits per heavy atom. The topological polar surface area (TPSA) is 66.4 Å². The molecular formula is C15H17BrINO3. The van der Waals surface area contributed by atoms with Gasteiger partial charge < -0.3 is 10.4 Å². The summed E-state index contributed by atoms with van der Waals surface area (Å²) in [4.78, 5) is 23.5. The molecule has 1 aromatic carbocycles. The number of amides is 1. The number of hydrogen-bond donors (Lipinski definition) is 2. The molecule has 1 aromatic rings. The molecule has 2 unspecified atom stereocenters. The van der Waals surface area contributed by atoms with Crippen molar-refractivity contribution in [3.05, 3.63) is 31.8 Å². The van der Waals surface area contributed by atoms with Gasteiger partial charge in [-0.05, 0) is 59.5 Å². The van der Waals surface area contributed by atoms with Crippen LogP contribution in [0.15, 0.2) is 22.7 Å². The number of carbonyl (C=O) groups excluding carboxylic acids is 1. The third kappa shape index (κ3) is 4.42. The second-order valence-electron chi connectivity index (χ2n) is 5.32. The highest BCUT2D eigenvalue weighted by Gasteiger charge is 2.30. The van der Waals surface area contributed by atoms with Crippen molar-refractivity contribution in [2.75, 3.05) is 6.54 Å². The first kappa shape index (κ1) is 16.7. The maximum Gasteiger partial charge on any atom is 0.306 e. The number of carboxylic acids is 1. The van der Waals surface area contributed by atoms with E-state index in [0.717, 1.165) is 27.3 Å². The van der Waals surface area contributed by atoms with Crippen LogP contribution in [0.5, 0.6) is 0 Å². The summed E-state index contributed by atoms with van der Waals surface area (Å²) in [5, 5.41) is 12.1. The third-order valence-corrected chi connectivity index (χ3v) is 5.36. The molecule has 2 N–H and O–H groups in total. The Hall–Kier alpha value is -0.630. The Morgan fingerprint density at radius 1 is 1.33 bits per heavy atom. The summed E-state index contributed by atoms with van der Waals surface area (Å²) in [7, 11) is 0. The molecule has 0 heterocycles. The third-order valence-electron chi connectivity index (χ3n) is 3.92. The molecule has 1 saturated carbocycles. The first-order valence-corrected chi connectivity index (χ1v) is 8.82. The highest BCUT2D eigenvalue weighted by molar-refractivity contribution is 14.1. The van der Waals surface area contributed by atoms with Gasteiger partial charge in [0, 0.05) is 14.6 Å². The predicted octanol–water partition coefficient (Wildman–Crippen LogP) is 3.67. The molecule has 2 atom stereocenters. The molecular weight excluding hydrogens is 449 g/mol. The fourth-order valence-corrected chi connectivity index (χ4v) is 3.71. The molecule has 2 rings (SSSR count). The van der Waals surface area contributed by atoms with Crippen molar-refractivity contribution < 1.29 is 14.7 Å². The lowest BCUT2D eigenvalue weighted by Crippen LogP contribution is -2.37. The zero-order valence-electron chi connectivity index (χ0n) is 11.4. The zero-order chi connectivity index (χ0) is 15.4. The summed E-state index contributed by atoms with van der Waals surface area (Å²) in [5.41, 5.74) is 0.618. The molecule has 0 spiro atoms. The van der Waals surface area contributed by atoms with E-state index >= 15 is 0 Å². The van der Waals surface area contributed by atoms with Crippen molar-refractivity contribution in [2.24, 2.45) is 11.8 Å². The van der Waals surface area contributed by atoms with E-state index in [1.165, 1.54) is 0 Å². The number of rotatable bonds is 4. The van der Waals surface area contributed by atoms with Gasteiger partial charge in [-0.3, -0.25) is 9.59 Å². The molecule has 0 bridgehead atoms. The van der Waals surface area contributed by atoms with Crippen LogP contribution >= 0.6 is 38.5 Å². The summed E-state index contributed by atoms with van der Waals surface area (Å²) >= 11 is 5.49. The average molecular weight is 466 g/mol. The van der Waals surface area contributed by atoms with E-state index in [1.807, 2.05) is 12.1 Å². The van der Waals surface area contributed by atoms with Crippen LogP contribution in [-0.4, -0.2) is 23.5 Å². The lowest BCUT2D eigenvalue weighted by Gasteiger charge is -2.28. The van der Waals surface area contributed by atoms with Crippen molar-refractivity contribution >= 4 is 50.4 Å². The number of nitrogens with one attached hydrogen (secondary N) is 1. The molecule has 0 aromatic heterocycles. The summed E-state index contributed by atoms with van der Waals surface area (Å²) < 4.78 is 1.74. The Morgan fingerprint density at radius 2 is 2.05 bits per heavy atom. The van der Waals surface area contributed by atoms with E-state index in [4.69, 9.17) is 0 Å². The van der Waals surface area contributed by atoms with Crippen LogP contribution < -0.4 is 5.32 Å². The fourth-order valence-electron chi connectivity index (χ4n) is 2.77. The van der Waals surface area contributed by atoms with E-state index < -0.39 is 5.97 Å². The number of hydrogen-bond acceptors (Lipinski definition) is 2. The van der Waals surface area contributed by atoms with Crippen molar-refractivity contribution in [1.29, 1.82) is 0 Å². The highest BCUT2D eigenvalue weighted by atomic mass is 127. The molecule has 1 amide bonds. The van der Waals surface area contributed by atoms with Crippen molar-refractivity contribution in [3.8, 4) is 0 Å². The second-order valence-corrected chi connectivity index (χ2v) is 7.40. The molecule has 114 valence electrons. The van der Waals surface area contributed by atoms with Gasteiger partial charge in [-0.2, -0.15) is 0 Å². The van der Waals surface area contributed by atoms with Gasteiger partial charge in [0.15, 0.2) is 0 Å². The van der Waals surface area contributed by atoms with E-state index in [2.05, 4.69) is 43.8 Å². The SMILES string of the molecule is O=C(NCC1CCCCC1C(=O)O)c1cc(Br)ccc1I. The summed E-state index contributed by atoms with van der Waals surface area (Å²) in [6.07, 6.45) is 3.58. The Kier molecular flexibility index (Phi) is 6.04. The normalized spacial score (nSPS) is 21.8. The fraction of sp³-hybridized carbons (Fsp3) is 0.467. The summed E-state index contributed by atoms with van der Waals surface area (Å²) in [6.45, 7) is 0.429. The van der Waals surface area contributed by atoms with E-state index in [-0.39, 0.29) is 17.7 Å². The Bertz CT molecular complexity index is 550. The standard InChI is InChI=1S/C15H17BrINO3/c16-10-5-6-13(17)12(7-10)14(19)18-8-9-3-1-2-4-11(9)15(20)21/h5-7,9,11H,1-4,8H2,(H,18,19)(H,20,21). The number of aliphatic carboxylic acids is 1.